The number of aliphatic hydroxyl groups is 1. The lowest BCUT2D eigenvalue weighted by molar-refractivity contribution is 0.0250. The summed E-state index contributed by atoms with van der Waals surface area (Å²) in [5, 5.41) is 10.9. The molecule has 3 unspecified atom stereocenters. The van der Waals surface area contributed by atoms with Crippen molar-refractivity contribution in [3.8, 4) is 0 Å². The zero-order valence-electron chi connectivity index (χ0n) is 14.0. The lowest BCUT2D eigenvalue weighted by Crippen LogP contribution is -2.45. The van der Waals surface area contributed by atoms with Gasteiger partial charge in [0.15, 0.2) is 0 Å². The van der Waals surface area contributed by atoms with Crippen LogP contribution in [0.4, 0.5) is 0 Å². The summed E-state index contributed by atoms with van der Waals surface area (Å²) in [4.78, 5) is 2.51. The average Bonchev–Trinajstić information content (AvgIpc) is 2.53. The molecule has 0 amide bonds. The predicted octanol–water partition coefficient (Wildman–Crippen LogP) is 4.35. The van der Waals surface area contributed by atoms with Gasteiger partial charge in [-0.25, -0.2) is 0 Å². The van der Waals surface area contributed by atoms with Gasteiger partial charge in [0.05, 0.1) is 6.10 Å². The van der Waals surface area contributed by atoms with Crippen LogP contribution in [0.3, 0.4) is 0 Å². The van der Waals surface area contributed by atoms with Crippen LogP contribution in [0.2, 0.25) is 0 Å². The maximum Gasteiger partial charge on any atom is 0.0948 e. The molecule has 0 radical (unpaired) electrons. The Morgan fingerprint density at radius 3 is 2.33 bits per heavy atom. The van der Waals surface area contributed by atoms with Crippen molar-refractivity contribution in [3.05, 3.63) is 35.4 Å². The summed E-state index contributed by atoms with van der Waals surface area (Å²) in [5.74, 6) is 1.27. The fourth-order valence-electron chi connectivity index (χ4n) is 3.78. The SMILES string of the molecule is CCC(CC)CN(CC)C1CC(C)c2ccccc2C1O. The van der Waals surface area contributed by atoms with Gasteiger partial charge < -0.3 is 5.11 Å². The molecule has 118 valence electrons. The first-order chi connectivity index (χ1) is 10.1. The van der Waals surface area contributed by atoms with E-state index < -0.39 is 0 Å². The minimum atomic E-state index is -0.341. The van der Waals surface area contributed by atoms with Crippen LogP contribution < -0.4 is 0 Å². The minimum absolute atomic E-state index is 0.264. The van der Waals surface area contributed by atoms with Crippen molar-refractivity contribution in [1.82, 2.24) is 4.90 Å². The summed E-state index contributed by atoms with van der Waals surface area (Å²) in [6, 6.07) is 8.68. The van der Waals surface area contributed by atoms with Gasteiger partial charge in [-0.15, -0.1) is 0 Å². The van der Waals surface area contributed by atoms with E-state index in [-0.39, 0.29) is 12.1 Å². The topological polar surface area (TPSA) is 23.5 Å². The van der Waals surface area contributed by atoms with Gasteiger partial charge in [0.1, 0.15) is 0 Å². The molecule has 0 aliphatic heterocycles. The van der Waals surface area contributed by atoms with Crippen molar-refractivity contribution < 1.29 is 5.11 Å². The quantitative estimate of drug-likeness (QED) is 0.841. The molecule has 1 aliphatic rings. The number of aliphatic hydroxyl groups excluding tert-OH is 1. The summed E-state index contributed by atoms with van der Waals surface area (Å²) in [7, 11) is 0. The van der Waals surface area contributed by atoms with Crippen LogP contribution in [0.15, 0.2) is 24.3 Å². The van der Waals surface area contributed by atoms with Crippen molar-refractivity contribution in [2.75, 3.05) is 13.1 Å². The molecule has 0 aromatic heterocycles. The second-order valence-electron chi connectivity index (χ2n) is 6.55. The van der Waals surface area contributed by atoms with Crippen molar-refractivity contribution in [3.63, 3.8) is 0 Å². The minimum Gasteiger partial charge on any atom is -0.387 e. The third kappa shape index (κ3) is 3.49. The number of hydrogen-bond donors (Lipinski definition) is 1. The molecular weight excluding hydrogens is 258 g/mol. The van der Waals surface area contributed by atoms with Gasteiger partial charge in [0.2, 0.25) is 0 Å². The highest BCUT2D eigenvalue weighted by Gasteiger charge is 2.35. The molecule has 0 bridgehead atoms. The van der Waals surface area contributed by atoms with E-state index in [9.17, 15) is 5.11 Å². The van der Waals surface area contributed by atoms with E-state index in [0.29, 0.717) is 5.92 Å². The van der Waals surface area contributed by atoms with E-state index in [2.05, 4.69) is 50.8 Å². The fraction of sp³-hybridized carbons (Fsp3) is 0.684. The first-order valence-electron chi connectivity index (χ1n) is 8.63. The van der Waals surface area contributed by atoms with Crippen molar-refractivity contribution in [1.29, 1.82) is 0 Å². The molecule has 1 N–H and O–H groups in total. The van der Waals surface area contributed by atoms with Crippen molar-refractivity contribution in [2.45, 2.75) is 65.0 Å². The molecule has 0 heterocycles. The highest BCUT2D eigenvalue weighted by atomic mass is 16.3. The van der Waals surface area contributed by atoms with Gasteiger partial charge in [-0.05, 0) is 35.9 Å². The summed E-state index contributed by atoms with van der Waals surface area (Å²) in [6.45, 7) is 11.2. The second kappa shape index (κ2) is 7.42. The van der Waals surface area contributed by atoms with E-state index in [1.165, 1.54) is 18.4 Å². The summed E-state index contributed by atoms with van der Waals surface area (Å²) in [5.41, 5.74) is 2.48. The van der Waals surface area contributed by atoms with Crippen LogP contribution in [0, 0.1) is 5.92 Å². The maximum atomic E-state index is 10.9. The molecule has 0 spiro atoms. The van der Waals surface area contributed by atoms with Gasteiger partial charge in [0.25, 0.3) is 0 Å². The molecule has 1 aromatic rings. The largest absolute Gasteiger partial charge is 0.387 e. The lowest BCUT2D eigenvalue weighted by atomic mass is 9.78. The predicted molar refractivity (Wildman–Crippen MR) is 89.5 cm³/mol. The number of rotatable bonds is 6. The molecule has 0 fully saturated rings. The van der Waals surface area contributed by atoms with Crippen LogP contribution in [0.5, 0.6) is 0 Å². The Labute approximate surface area is 130 Å². The molecule has 3 atom stereocenters. The Kier molecular flexibility index (Phi) is 5.83. The number of likely N-dealkylation sites (N-methyl/N-ethyl adjacent to an activating group) is 1. The molecule has 1 aliphatic carbocycles. The number of fused-ring (bicyclic) bond motifs is 1. The van der Waals surface area contributed by atoms with Gasteiger partial charge >= 0.3 is 0 Å². The molecular formula is C19H31NO. The number of hydrogen-bond acceptors (Lipinski definition) is 2. The third-order valence-electron chi connectivity index (χ3n) is 5.33. The van der Waals surface area contributed by atoms with Crippen LogP contribution in [0.1, 0.15) is 70.1 Å². The Bertz CT molecular complexity index is 441. The molecule has 2 rings (SSSR count). The van der Waals surface area contributed by atoms with E-state index >= 15 is 0 Å². The van der Waals surface area contributed by atoms with Crippen molar-refractivity contribution in [2.24, 2.45) is 5.92 Å². The highest BCUT2D eigenvalue weighted by molar-refractivity contribution is 5.35. The Morgan fingerprint density at radius 1 is 1.14 bits per heavy atom. The Hall–Kier alpha value is -0.860. The van der Waals surface area contributed by atoms with Crippen LogP contribution in [-0.2, 0) is 0 Å². The van der Waals surface area contributed by atoms with E-state index in [1.54, 1.807) is 0 Å². The zero-order chi connectivity index (χ0) is 15.4. The summed E-state index contributed by atoms with van der Waals surface area (Å²) >= 11 is 0. The summed E-state index contributed by atoms with van der Waals surface area (Å²) in [6.07, 6.45) is 3.17. The van der Waals surface area contributed by atoms with Gasteiger partial charge in [-0.1, -0.05) is 64.8 Å². The molecule has 21 heavy (non-hydrogen) atoms. The van der Waals surface area contributed by atoms with Crippen LogP contribution in [0.25, 0.3) is 0 Å². The second-order valence-corrected chi connectivity index (χ2v) is 6.55. The van der Waals surface area contributed by atoms with Gasteiger partial charge in [-0.2, -0.15) is 0 Å². The number of benzene rings is 1. The first-order valence-corrected chi connectivity index (χ1v) is 8.63. The van der Waals surface area contributed by atoms with E-state index in [0.717, 1.165) is 31.0 Å². The molecule has 2 nitrogen and oxygen atoms in total. The maximum absolute atomic E-state index is 10.9. The van der Waals surface area contributed by atoms with E-state index in [4.69, 9.17) is 0 Å². The third-order valence-corrected chi connectivity index (χ3v) is 5.33. The molecule has 0 saturated heterocycles. The molecule has 2 heteroatoms. The van der Waals surface area contributed by atoms with E-state index in [1.807, 2.05) is 6.07 Å². The molecule has 0 saturated carbocycles. The molecule has 1 aromatic carbocycles. The zero-order valence-corrected chi connectivity index (χ0v) is 14.0. The standard InChI is InChI=1S/C19H31NO/c1-5-15(6-2)13-20(7-3)18-12-14(4)16-10-8-9-11-17(16)19(18)21/h8-11,14-15,18-19,21H,5-7,12-13H2,1-4H3. The Morgan fingerprint density at radius 2 is 1.76 bits per heavy atom. The van der Waals surface area contributed by atoms with Crippen molar-refractivity contribution >= 4 is 0 Å². The summed E-state index contributed by atoms with van der Waals surface area (Å²) < 4.78 is 0. The number of nitrogens with zero attached hydrogens (tertiary/aromatic N) is 1. The smallest absolute Gasteiger partial charge is 0.0948 e. The fourth-order valence-corrected chi connectivity index (χ4v) is 3.78. The van der Waals surface area contributed by atoms with Crippen LogP contribution >= 0.6 is 0 Å². The monoisotopic (exact) mass is 289 g/mol. The average molecular weight is 289 g/mol. The van der Waals surface area contributed by atoms with Gasteiger partial charge in [0, 0.05) is 12.6 Å². The van der Waals surface area contributed by atoms with Gasteiger partial charge in [-0.3, -0.25) is 4.90 Å². The highest BCUT2D eigenvalue weighted by Crippen LogP contribution is 2.39. The van der Waals surface area contributed by atoms with Crippen LogP contribution in [-0.4, -0.2) is 29.1 Å². The first kappa shape index (κ1) is 16.5. The lowest BCUT2D eigenvalue weighted by Gasteiger charge is -2.41. The Balaban J connectivity index is 2.20. The normalized spacial score (nSPS) is 25.4.